The van der Waals surface area contributed by atoms with Crippen LogP contribution >= 0.6 is 0 Å². The van der Waals surface area contributed by atoms with Gasteiger partial charge in [-0.25, -0.2) is 19.4 Å². The van der Waals surface area contributed by atoms with Crippen molar-refractivity contribution in [3.63, 3.8) is 0 Å². The Hall–Kier alpha value is -2.00. The van der Waals surface area contributed by atoms with E-state index in [1.54, 1.807) is 0 Å². The molecule has 1 aromatic rings. The van der Waals surface area contributed by atoms with Crippen LogP contribution in [0, 0.1) is 0 Å². The van der Waals surface area contributed by atoms with Gasteiger partial charge in [-0.15, -0.1) is 0 Å². The molecule has 0 aliphatic carbocycles. The van der Waals surface area contributed by atoms with Crippen molar-refractivity contribution in [2.75, 3.05) is 20.8 Å². The highest BCUT2D eigenvalue weighted by Gasteiger charge is 2.20. The number of hydrogen-bond donors (Lipinski definition) is 1. The second-order valence-electron chi connectivity index (χ2n) is 3.40. The lowest BCUT2D eigenvalue weighted by Gasteiger charge is -2.14. The van der Waals surface area contributed by atoms with Crippen LogP contribution in [0.4, 0.5) is 0 Å². The van der Waals surface area contributed by atoms with Crippen molar-refractivity contribution in [1.82, 2.24) is 0 Å². The van der Waals surface area contributed by atoms with Gasteiger partial charge in [0.1, 0.15) is 6.61 Å². The van der Waals surface area contributed by atoms with Crippen molar-refractivity contribution in [2.45, 2.75) is 6.29 Å². The third kappa shape index (κ3) is 4.59. The maximum Gasteiger partial charge on any atom is 0.339 e. The number of esters is 1. The average molecular weight is 286 g/mol. The molecule has 20 heavy (non-hydrogen) atoms. The molecule has 8 nitrogen and oxygen atoms in total. The lowest BCUT2D eigenvalue weighted by molar-refractivity contribution is -0.451. The molecule has 0 aliphatic heterocycles. The molecule has 0 saturated carbocycles. The number of carbonyl (C=O) groups is 2. The smallest absolute Gasteiger partial charge is 0.339 e. The number of ether oxygens (including phenoxy) is 1. The van der Waals surface area contributed by atoms with Crippen molar-refractivity contribution in [3.05, 3.63) is 35.4 Å². The highest BCUT2D eigenvalue weighted by Crippen LogP contribution is 2.11. The molecule has 1 rings (SSSR count). The lowest BCUT2D eigenvalue weighted by atomic mass is 10.1. The molecule has 0 unspecified atom stereocenters. The minimum Gasteiger partial charge on any atom is -0.478 e. The predicted molar refractivity (Wildman–Crippen MR) is 63.7 cm³/mol. The van der Waals surface area contributed by atoms with Gasteiger partial charge in [0.05, 0.1) is 25.3 Å². The SMILES string of the molecule is COOC(COC(=O)c1ccccc1C(=O)O)OOC. The third-order valence-corrected chi connectivity index (χ3v) is 2.13. The number of aromatic carboxylic acids is 1. The Kier molecular flexibility index (Phi) is 6.60. The fourth-order valence-electron chi connectivity index (χ4n) is 1.36. The molecular weight excluding hydrogens is 272 g/mol. The standard InChI is InChI=1S/C12H14O8/c1-16-19-10(20-17-2)7-18-12(15)9-6-4-3-5-8(9)11(13)14/h3-6,10H,7H2,1-2H3,(H,13,14). The van der Waals surface area contributed by atoms with E-state index in [0.717, 1.165) is 0 Å². The first-order valence-corrected chi connectivity index (χ1v) is 5.48. The van der Waals surface area contributed by atoms with Crippen LogP contribution in [0.3, 0.4) is 0 Å². The van der Waals surface area contributed by atoms with E-state index in [0.29, 0.717) is 0 Å². The summed E-state index contributed by atoms with van der Waals surface area (Å²) in [6, 6.07) is 5.67. The van der Waals surface area contributed by atoms with Crippen molar-refractivity contribution >= 4 is 11.9 Å². The third-order valence-electron chi connectivity index (χ3n) is 2.13. The van der Waals surface area contributed by atoms with E-state index in [9.17, 15) is 9.59 Å². The van der Waals surface area contributed by atoms with Gasteiger partial charge >= 0.3 is 11.9 Å². The summed E-state index contributed by atoms with van der Waals surface area (Å²) >= 11 is 0. The predicted octanol–water partition coefficient (Wildman–Crippen LogP) is 1.02. The molecule has 0 spiro atoms. The van der Waals surface area contributed by atoms with E-state index in [2.05, 4.69) is 19.6 Å². The molecule has 0 fully saturated rings. The summed E-state index contributed by atoms with van der Waals surface area (Å²) in [5, 5.41) is 8.96. The van der Waals surface area contributed by atoms with Gasteiger partial charge in [-0.1, -0.05) is 12.1 Å². The second-order valence-corrected chi connectivity index (χ2v) is 3.40. The van der Waals surface area contributed by atoms with Gasteiger partial charge in [0.15, 0.2) is 0 Å². The molecule has 0 aliphatic rings. The molecule has 1 aromatic carbocycles. The first-order valence-electron chi connectivity index (χ1n) is 5.48. The Morgan fingerprint density at radius 3 is 2.15 bits per heavy atom. The van der Waals surface area contributed by atoms with Crippen molar-refractivity contribution in [3.8, 4) is 0 Å². The van der Waals surface area contributed by atoms with Crippen LogP contribution in [0.15, 0.2) is 24.3 Å². The summed E-state index contributed by atoms with van der Waals surface area (Å²) < 4.78 is 4.87. The zero-order valence-electron chi connectivity index (χ0n) is 10.9. The summed E-state index contributed by atoms with van der Waals surface area (Å²) in [6.07, 6.45) is -1.09. The molecule has 110 valence electrons. The number of hydrogen-bond acceptors (Lipinski definition) is 7. The van der Waals surface area contributed by atoms with Gasteiger partial charge in [-0.3, -0.25) is 0 Å². The van der Waals surface area contributed by atoms with E-state index in [1.165, 1.54) is 38.5 Å². The summed E-state index contributed by atoms with van der Waals surface area (Å²) in [5.74, 6) is -2.05. The molecule has 0 aromatic heterocycles. The van der Waals surface area contributed by atoms with Crippen LogP contribution < -0.4 is 0 Å². The molecule has 0 bridgehead atoms. The summed E-state index contributed by atoms with van der Waals surface area (Å²) in [4.78, 5) is 40.7. The van der Waals surface area contributed by atoms with E-state index in [4.69, 9.17) is 9.84 Å². The topological polar surface area (TPSA) is 101 Å². The Morgan fingerprint density at radius 2 is 1.65 bits per heavy atom. The van der Waals surface area contributed by atoms with E-state index < -0.39 is 18.2 Å². The molecule has 0 saturated heterocycles. The molecular formula is C12H14O8. The van der Waals surface area contributed by atoms with Crippen LogP contribution in [0.25, 0.3) is 0 Å². The fraction of sp³-hybridized carbons (Fsp3) is 0.333. The van der Waals surface area contributed by atoms with Crippen LogP contribution in [0.2, 0.25) is 0 Å². The normalized spacial score (nSPS) is 10.6. The minimum absolute atomic E-state index is 0.0754. The van der Waals surface area contributed by atoms with Gasteiger partial charge in [0.2, 0.25) is 0 Å². The van der Waals surface area contributed by atoms with Crippen LogP contribution in [0.5, 0.6) is 0 Å². The quantitative estimate of drug-likeness (QED) is 0.327. The molecule has 0 atom stereocenters. The highest BCUT2D eigenvalue weighted by molar-refractivity contribution is 6.02. The van der Waals surface area contributed by atoms with E-state index in [-0.39, 0.29) is 17.7 Å². The largest absolute Gasteiger partial charge is 0.478 e. The van der Waals surface area contributed by atoms with Crippen molar-refractivity contribution in [1.29, 1.82) is 0 Å². The molecule has 1 N–H and O–H groups in total. The van der Waals surface area contributed by atoms with Crippen LogP contribution in [0.1, 0.15) is 20.7 Å². The first-order chi connectivity index (χ1) is 9.60. The zero-order chi connectivity index (χ0) is 15.0. The van der Waals surface area contributed by atoms with Gasteiger partial charge in [-0.2, -0.15) is 9.78 Å². The number of carbonyl (C=O) groups excluding carboxylic acids is 1. The van der Waals surface area contributed by atoms with E-state index in [1.807, 2.05) is 0 Å². The summed E-state index contributed by atoms with van der Waals surface area (Å²) in [5.41, 5.74) is -0.233. The van der Waals surface area contributed by atoms with E-state index >= 15 is 0 Å². The van der Waals surface area contributed by atoms with Crippen LogP contribution in [-0.4, -0.2) is 44.2 Å². The highest BCUT2D eigenvalue weighted by atomic mass is 17.3. The Labute approximate surface area is 114 Å². The summed E-state index contributed by atoms with van der Waals surface area (Å²) in [7, 11) is 2.49. The Morgan fingerprint density at radius 1 is 1.10 bits per heavy atom. The number of carboxylic acid groups (broad SMARTS) is 1. The van der Waals surface area contributed by atoms with Crippen molar-refractivity contribution < 1.29 is 39.0 Å². The molecule has 8 heteroatoms. The van der Waals surface area contributed by atoms with Gasteiger partial charge in [0, 0.05) is 0 Å². The molecule has 0 radical (unpaired) electrons. The maximum atomic E-state index is 11.8. The van der Waals surface area contributed by atoms with Crippen molar-refractivity contribution in [2.24, 2.45) is 0 Å². The zero-order valence-corrected chi connectivity index (χ0v) is 10.9. The van der Waals surface area contributed by atoms with Gasteiger partial charge in [0.25, 0.3) is 6.29 Å². The minimum atomic E-state index is -1.23. The molecule has 0 heterocycles. The van der Waals surface area contributed by atoms with Gasteiger partial charge in [-0.05, 0) is 12.1 Å². The van der Waals surface area contributed by atoms with Gasteiger partial charge < -0.3 is 9.84 Å². The fourth-order valence-corrected chi connectivity index (χ4v) is 1.36. The Bertz CT molecular complexity index is 453. The first kappa shape index (κ1) is 16.1. The lowest BCUT2D eigenvalue weighted by Crippen LogP contribution is -2.25. The molecule has 0 amide bonds. The summed E-state index contributed by atoms with van der Waals surface area (Å²) in [6.45, 7) is -0.339. The average Bonchev–Trinajstić information content (AvgIpc) is 2.45. The number of benzene rings is 1. The second kappa shape index (κ2) is 8.23. The monoisotopic (exact) mass is 286 g/mol. The number of carboxylic acids is 1. The maximum absolute atomic E-state index is 11.8. The van der Waals surface area contributed by atoms with Crippen LogP contribution in [-0.2, 0) is 24.3 Å². The number of rotatable bonds is 8. The Balaban J connectivity index is 2.69.